The van der Waals surface area contributed by atoms with E-state index < -0.39 is 0 Å². The van der Waals surface area contributed by atoms with E-state index in [0.29, 0.717) is 30.5 Å². The van der Waals surface area contributed by atoms with Crippen molar-refractivity contribution in [2.24, 2.45) is 0 Å². The summed E-state index contributed by atoms with van der Waals surface area (Å²) in [5.41, 5.74) is 1.47. The number of amides is 1. The predicted molar refractivity (Wildman–Crippen MR) is 63.7 cm³/mol. The van der Waals surface area contributed by atoms with E-state index in [1.807, 2.05) is 13.8 Å². The van der Waals surface area contributed by atoms with Crippen LogP contribution < -0.4 is 5.32 Å². The Hall–Kier alpha value is -1.13. The average Bonchev–Trinajstić information content (AvgIpc) is 2.24. The van der Waals surface area contributed by atoms with Crippen LogP contribution in [-0.2, 0) is 9.53 Å². The maximum atomic E-state index is 11.5. The molecule has 1 aromatic rings. The summed E-state index contributed by atoms with van der Waals surface area (Å²) in [5.74, 6) is -0.119. The minimum atomic E-state index is -0.119. The molecule has 0 saturated carbocycles. The molecule has 0 bridgehead atoms. The number of nitrogens with zero attached hydrogens (tertiary/aromatic N) is 1. The third-order valence-corrected chi connectivity index (χ3v) is 2.34. The molecule has 4 nitrogen and oxygen atoms in total. The van der Waals surface area contributed by atoms with Gasteiger partial charge in [0.15, 0.2) is 5.15 Å². The summed E-state index contributed by atoms with van der Waals surface area (Å²) in [5, 5.41) is 3.03. The second kappa shape index (κ2) is 6.45. The van der Waals surface area contributed by atoms with Crippen LogP contribution in [0.3, 0.4) is 0 Å². The number of nitrogens with one attached hydrogen (secondary N) is 1. The first-order valence-corrected chi connectivity index (χ1v) is 5.51. The predicted octanol–water partition coefficient (Wildman–Crippen LogP) is 2.41. The van der Waals surface area contributed by atoms with Crippen molar-refractivity contribution in [3.05, 3.63) is 23.0 Å². The van der Waals surface area contributed by atoms with Crippen molar-refractivity contribution in [1.82, 2.24) is 4.98 Å². The van der Waals surface area contributed by atoms with Gasteiger partial charge in [-0.05, 0) is 25.5 Å². The molecular weight excluding hydrogens is 228 g/mol. The highest BCUT2D eigenvalue weighted by molar-refractivity contribution is 6.32. The zero-order valence-electron chi connectivity index (χ0n) is 9.42. The van der Waals surface area contributed by atoms with Crippen molar-refractivity contribution in [2.75, 3.05) is 18.5 Å². The largest absolute Gasteiger partial charge is 0.381 e. The fourth-order valence-electron chi connectivity index (χ4n) is 1.19. The number of hydrogen-bond donors (Lipinski definition) is 1. The van der Waals surface area contributed by atoms with Gasteiger partial charge in [0.1, 0.15) is 0 Å². The minimum Gasteiger partial charge on any atom is -0.381 e. The van der Waals surface area contributed by atoms with Gasteiger partial charge in [-0.1, -0.05) is 11.6 Å². The summed E-state index contributed by atoms with van der Waals surface area (Å²) in [6, 6.07) is 1.80. The second-order valence-corrected chi connectivity index (χ2v) is 3.65. The van der Waals surface area contributed by atoms with Crippen LogP contribution in [0.15, 0.2) is 12.3 Å². The molecule has 0 aliphatic carbocycles. The van der Waals surface area contributed by atoms with Crippen LogP contribution in [0.2, 0.25) is 5.15 Å². The van der Waals surface area contributed by atoms with Gasteiger partial charge in [0.2, 0.25) is 5.91 Å². The van der Waals surface area contributed by atoms with Crippen LogP contribution >= 0.6 is 11.6 Å². The van der Waals surface area contributed by atoms with Gasteiger partial charge in [0.05, 0.1) is 18.7 Å². The van der Waals surface area contributed by atoms with Crippen LogP contribution in [0.4, 0.5) is 5.69 Å². The molecule has 0 aromatic carbocycles. The monoisotopic (exact) mass is 242 g/mol. The van der Waals surface area contributed by atoms with Gasteiger partial charge in [-0.15, -0.1) is 0 Å². The Bertz CT molecular complexity index is 349. The third kappa shape index (κ3) is 3.79. The number of pyridine rings is 1. The topological polar surface area (TPSA) is 51.2 Å². The molecule has 0 radical (unpaired) electrons. The molecule has 5 heteroatoms. The summed E-state index contributed by atoms with van der Waals surface area (Å²) in [4.78, 5) is 15.4. The molecular formula is C11H15ClN2O2. The zero-order chi connectivity index (χ0) is 12.0. The Labute approximate surface area is 100.0 Å². The zero-order valence-corrected chi connectivity index (χ0v) is 10.2. The summed E-state index contributed by atoms with van der Waals surface area (Å²) >= 11 is 5.88. The molecule has 0 atom stereocenters. The number of ether oxygens (including phenoxy) is 1. The third-order valence-electron chi connectivity index (χ3n) is 2.06. The first-order chi connectivity index (χ1) is 7.65. The lowest BCUT2D eigenvalue weighted by atomic mass is 10.2. The Morgan fingerprint density at radius 3 is 3.00 bits per heavy atom. The van der Waals surface area contributed by atoms with Crippen molar-refractivity contribution >= 4 is 23.2 Å². The maximum absolute atomic E-state index is 11.5. The van der Waals surface area contributed by atoms with Crippen molar-refractivity contribution in [1.29, 1.82) is 0 Å². The molecule has 0 aliphatic heterocycles. The number of aromatic nitrogens is 1. The fourth-order valence-corrected chi connectivity index (χ4v) is 1.44. The Balaban J connectivity index is 2.56. The van der Waals surface area contributed by atoms with Crippen molar-refractivity contribution in [2.45, 2.75) is 20.3 Å². The number of carbonyl (C=O) groups is 1. The first kappa shape index (κ1) is 12.9. The highest BCUT2D eigenvalue weighted by atomic mass is 35.5. The number of aryl methyl sites for hydroxylation is 1. The molecule has 16 heavy (non-hydrogen) atoms. The Kier molecular flexibility index (Phi) is 5.22. The highest BCUT2D eigenvalue weighted by Crippen LogP contribution is 2.22. The van der Waals surface area contributed by atoms with Crippen LogP contribution in [0.25, 0.3) is 0 Å². The van der Waals surface area contributed by atoms with E-state index >= 15 is 0 Å². The van der Waals surface area contributed by atoms with Gasteiger partial charge >= 0.3 is 0 Å². The first-order valence-electron chi connectivity index (χ1n) is 5.13. The van der Waals surface area contributed by atoms with E-state index in [2.05, 4.69) is 10.3 Å². The minimum absolute atomic E-state index is 0.119. The van der Waals surface area contributed by atoms with E-state index in [1.165, 1.54) is 0 Å². The summed E-state index contributed by atoms with van der Waals surface area (Å²) < 4.78 is 5.09. The van der Waals surface area contributed by atoms with Gasteiger partial charge in [0, 0.05) is 12.8 Å². The van der Waals surface area contributed by atoms with Crippen molar-refractivity contribution < 1.29 is 9.53 Å². The quantitative estimate of drug-likeness (QED) is 0.637. The number of rotatable bonds is 5. The van der Waals surface area contributed by atoms with Crippen LogP contribution in [-0.4, -0.2) is 24.1 Å². The fraction of sp³-hybridized carbons (Fsp3) is 0.455. The second-order valence-electron chi connectivity index (χ2n) is 3.29. The number of carbonyl (C=O) groups excluding carboxylic acids is 1. The van der Waals surface area contributed by atoms with Gasteiger partial charge in [-0.2, -0.15) is 0 Å². The van der Waals surface area contributed by atoms with E-state index in [0.717, 1.165) is 5.56 Å². The number of hydrogen-bond acceptors (Lipinski definition) is 3. The molecule has 1 aromatic heterocycles. The Morgan fingerprint density at radius 2 is 2.38 bits per heavy atom. The van der Waals surface area contributed by atoms with Gasteiger partial charge in [0.25, 0.3) is 0 Å². The molecule has 0 aliphatic rings. The molecule has 0 fully saturated rings. The number of halogens is 1. The SMILES string of the molecule is CCOCCC(=O)Nc1c(C)ccnc1Cl. The lowest BCUT2D eigenvalue weighted by Gasteiger charge is -2.09. The molecule has 0 spiro atoms. The molecule has 1 heterocycles. The van der Waals surface area contributed by atoms with Crippen LogP contribution in [0, 0.1) is 6.92 Å². The Morgan fingerprint density at radius 1 is 1.62 bits per heavy atom. The molecule has 1 amide bonds. The smallest absolute Gasteiger partial charge is 0.226 e. The summed E-state index contributed by atoms with van der Waals surface area (Å²) in [6.07, 6.45) is 1.92. The summed E-state index contributed by atoms with van der Waals surface area (Å²) in [6.45, 7) is 4.78. The normalized spacial score (nSPS) is 10.2. The molecule has 1 rings (SSSR count). The average molecular weight is 243 g/mol. The van der Waals surface area contributed by atoms with Crippen molar-refractivity contribution in [3.63, 3.8) is 0 Å². The molecule has 0 saturated heterocycles. The van der Waals surface area contributed by atoms with Crippen molar-refractivity contribution in [3.8, 4) is 0 Å². The lowest BCUT2D eigenvalue weighted by Crippen LogP contribution is -2.15. The highest BCUT2D eigenvalue weighted by Gasteiger charge is 2.08. The summed E-state index contributed by atoms with van der Waals surface area (Å²) in [7, 11) is 0. The molecule has 0 unspecified atom stereocenters. The van der Waals surface area contributed by atoms with E-state index in [4.69, 9.17) is 16.3 Å². The van der Waals surface area contributed by atoms with Crippen LogP contribution in [0.5, 0.6) is 0 Å². The molecule has 88 valence electrons. The van der Waals surface area contributed by atoms with Crippen LogP contribution in [0.1, 0.15) is 18.9 Å². The number of anilines is 1. The lowest BCUT2D eigenvalue weighted by molar-refractivity contribution is -0.117. The van der Waals surface area contributed by atoms with Gasteiger partial charge in [-0.25, -0.2) is 4.98 Å². The van der Waals surface area contributed by atoms with Gasteiger partial charge in [-0.3, -0.25) is 4.79 Å². The molecule has 1 N–H and O–H groups in total. The maximum Gasteiger partial charge on any atom is 0.226 e. The van der Waals surface area contributed by atoms with E-state index in [1.54, 1.807) is 12.3 Å². The van der Waals surface area contributed by atoms with E-state index in [-0.39, 0.29) is 5.91 Å². The van der Waals surface area contributed by atoms with E-state index in [9.17, 15) is 4.79 Å². The van der Waals surface area contributed by atoms with Gasteiger partial charge < -0.3 is 10.1 Å². The standard InChI is InChI=1S/C11H15ClN2O2/c1-3-16-7-5-9(15)14-10-8(2)4-6-13-11(10)12/h4,6H,3,5,7H2,1-2H3,(H,14,15).